The van der Waals surface area contributed by atoms with E-state index < -0.39 is 0 Å². The molecule has 0 radical (unpaired) electrons. The van der Waals surface area contributed by atoms with E-state index in [9.17, 15) is 5.26 Å². The first-order chi connectivity index (χ1) is 9.15. The molecule has 0 aliphatic heterocycles. The van der Waals surface area contributed by atoms with Crippen molar-refractivity contribution in [2.75, 3.05) is 12.8 Å². The molecule has 0 aliphatic carbocycles. The van der Waals surface area contributed by atoms with Crippen molar-refractivity contribution in [1.82, 2.24) is 5.32 Å². The minimum absolute atomic E-state index is 0.329. The highest BCUT2D eigenvalue weighted by atomic mass is 32.2. The number of thioether (sulfide) groups is 1. The highest BCUT2D eigenvalue weighted by Crippen LogP contribution is 2.20. The third-order valence-corrected chi connectivity index (χ3v) is 4.65. The highest BCUT2D eigenvalue weighted by Gasteiger charge is 2.24. The molecule has 1 N–H and O–H groups in total. The Hall–Kier alpha value is -0.980. The Kier molecular flexibility index (Phi) is 6.97. The van der Waals surface area contributed by atoms with Gasteiger partial charge in [0.05, 0.1) is 6.07 Å². The zero-order valence-corrected chi connectivity index (χ0v) is 13.0. The van der Waals surface area contributed by atoms with Crippen LogP contribution in [0.15, 0.2) is 24.3 Å². The molecule has 1 unspecified atom stereocenters. The van der Waals surface area contributed by atoms with Crippen molar-refractivity contribution >= 4 is 11.8 Å². The smallest absolute Gasteiger partial charge is 0.106 e. The number of rotatable bonds is 8. The van der Waals surface area contributed by atoms with Crippen molar-refractivity contribution in [3.05, 3.63) is 35.4 Å². The normalized spacial score (nSPS) is 13.8. The van der Waals surface area contributed by atoms with Gasteiger partial charge in [0.25, 0.3) is 0 Å². The lowest BCUT2D eigenvalue weighted by Crippen LogP contribution is -2.40. The first-order valence-electron chi connectivity index (χ1n) is 6.89. The molecule has 3 heteroatoms. The lowest BCUT2D eigenvalue weighted by molar-refractivity contribution is 0.400. The highest BCUT2D eigenvalue weighted by molar-refractivity contribution is 7.98. The standard InChI is InChI=1S/C16H24N2S/c1-4-16(13-17,18-3)9-6-10-19-12-15-8-5-7-14(2)11-15/h5,7-8,11,18H,4,6,9-10,12H2,1-3H3. The molecule has 0 amide bonds. The fraction of sp³-hybridized carbons (Fsp3) is 0.562. The SMILES string of the molecule is CCC(C#N)(CCCSCc1cccc(C)c1)NC. The molecule has 0 bridgehead atoms. The minimum Gasteiger partial charge on any atom is -0.302 e. The van der Waals surface area contributed by atoms with Crippen molar-refractivity contribution in [3.63, 3.8) is 0 Å². The van der Waals surface area contributed by atoms with Gasteiger partial charge in [0, 0.05) is 5.75 Å². The van der Waals surface area contributed by atoms with E-state index >= 15 is 0 Å². The lowest BCUT2D eigenvalue weighted by Gasteiger charge is -2.24. The van der Waals surface area contributed by atoms with Crippen molar-refractivity contribution in [3.8, 4) is 6.07 Å². The van der Waals surface area contributed by atoms with Crippen molar-refractivity contribution < 1.29 is 0 Å². The van der Waals surface area contributed by atoms with Crippen LogP contribution in [0.2, 0.25) is 0 Å². The predicted molar refractivity (Wildman–Crippen MR) is 84.3 cm³/mol. The lowest BCUT2D eigenvalue weighted by atomic mass is 9.93. The third kappa shape index (κ3) is 5.26. The summed E-state index contributed by atoms with van der Waals surface area (Å²) in [5, 5.41) is 12.4. The summed E-state index contributed by atoms with van der Waals surface area (Å²) in [7, 11) is 1.88. The second-order valence-corrected chi connectivity index (χ2v) is 6.05. The first-order valence-corrected chi connectivity index (χ1v) is 8.04. The van der Waals surface area contributed by atoms with E-state index in [1.54, 1.807) is 0 Å². The Morgan fingerprint density at radius 2 is 2.21 bits per heavy atom. The van der Waals surface area contributed by atoms with E-state index in [2.05, 4.69) is 49.5 Å². The number of hydrogen-bond donors (Lipinski definition) is 1. The average molecular weight is 276 g/mol. The molecule has 1 atom stereocenters. The maximum Gasteiger partial charge on any atom is 0.106 e. The predicted octanol–water partition coefficient (Wildman–Crippen LogP) is 3.90. The van der Waals surface area contributed by atoms with Crippen LogP contribution < -0.4 is 5.32 Å². The number of benzene rings is 1. The number of hydrogen-bond acceptors (Lipinski definition) is 3. The first kappa shape index (κ1) is 16.1. The van der Waals surface area contributed by atoms with Crippen LogP contribution in [0.4, 0.5) is 0 Å². The van der Waals surface area contributed by atoms with E-state index in [4.69, 9.17) is 0 Å². The van der Waals surface area contributed by atoms with Gasteiger partial charge < -0.3 is 5.32 Å². The number of nitrogens with zero attached hydrogens (tertiary/aromatic N) is 1. The molecule has 0 fully saturated rings. The fourth-order valence-corrected chi connectivity index (χ4v) is 3.05. The Labute approximate surface area is 121 Å². The Morgan fingerprint density at radius 1 is 1.42 bits per heavy atom. The molecule has 0 saturated carbocycles. The summed E-state index contributed by atoms with van der Waals surface area (Å²) in [4.78, 5) is 0. The quantitative estimate of drug-likeness (QED) is 0.731. The van der Waals surface area contributed by atoms with Gasteiger partial charge in [-0.05, 0) is 44.6 Å². The summed E-state index contributed by atoms with van der Waals surface area (Å²) in [6, 6.07) is 11.1. The Bertz CT molecular complexity index is 419. The summed E-state index contributed by atoms with van der Waals surface area (Å²) in [6.07, 6.45) is 2.87. The van der Waals surface area contributed by atoms with Crippen LogP contribution in [-0.2, 0) is 5.75 Å². The third-order valence-electron chi connectivity index (χ3n) is 3.54. The number of nitrogens with one attached hydrogen (secondary N) is 1. The number of nitriles is 1. The molecule has 0 heterocycles. The van der Waals surface area contributed by atoms with Gasteiger partial charge in [-0.15, -0.1) is 0 Å². The molecule has 0 spiro atoms. The second kappa shape index (κ2) is 8.24. The summed E-state index contributed by atoms with van der Waals surface area (Å²) in [5.41, 5.74) is 2.38. The average Bonchev–Trinajstić information content (AvgIpc) is 2.44. The maximum atomic E-state index is 9.22. The van der Waals surface area contributed by atoms with Gasteiger partial charge in [-0.25, -0.2) is 0 Å². The van der Waals surface area contributed by atoms with Crippen molar-refractivity contribution in [2.24, 2.45) is 0 Å². The Balaban J connectivity index is 2.27. The van der Waals surface area contributed by atoms with Crippen LogP contribution in [0.3, 0.4) is 0 Å². The van der Waals surface area contributed by atoms with Crippen LogP contribution in [0.25, 0.3) is 0 Å². The van der Waals surface area contributed by atoms with Gasteiger partial charge in [0.2, 0.25) is 0 Å². The second-order valence-electron chi connectivity index (χ2n) is 4.94. The molecule has 0 saturated heterocycles. The van der Waals surface area contributed by atoms with Crippen LogP contribution >= 0.6 is 11.8 Å². The van der Waals surface area contributed by atoms with Gasteiger partial charge in [0.15, 0.2) is 0 Å². The largest absolute Gasteiger partial charge is 0.302 e. The van der Waals surface area contributed by atoms with Crippen LogP contribution in [0, 0.1) is 18.3 Å². The summed E-state index contributed by atoms with van der Waals surface area (Å²) < 4.78 is 0. The molecule has 1 aromatic carbocycles. The zero-order chi connectivity index (χ0) is 14.1. The molecule has 1 aromatic rings. The molecule has 104 valence electrons. The van der Waals surface area contributed by atoms with Crippen LogP contribution in [0.1, 0.15) is 37.3 Å². The summed E-state index contributed by atoms with van der Waals surface area (Å²) in [5.74, 6) is 2.17. The fourth-order valence-electron chi connectivity index (χ4n) is 2.14. The van der Waals surface area contributed by atoms with E-state index in [0.717, 1.165) is 30.8 Å². The van der Waals surface area contributed by atoms with Gasteiger partial charge >= 0.3 is 0 Å². The summed E-state index contributed by atoms with van der Waals surface area (Å²) in [6.45, 7) is 4.20. The van der Waals surface area contributed by atoms with E-state index in [1.807, 2.05) is 18.8 Å². The van der Waals surface area contributed by atoms with Gasteiger partial charge in [0.1, 0.15) is 5.54 Å². The van der Waals surface area contributed by atoms with E-state index in [-0.39, 0.29) is 5.54 Å². The van der Waals surface area contributed by atoms with Crippen molar-refractivity contribution in [1.29, 1.82) is 5.26 Å². The van der Waals surface area contributed by atoms with Gasteiger partial charge in [-0.2, -0.15) is 17.0 Å². The molecular formula is C16H24N2S. The van der Waals surface area contributed by atoms with E-state index in [1.165, 1.54) is 11.1 Å². The van der Waals surface area contributed by atoms with Crippen LogP contribution in [-0.4, -0.2) is 18.3 Å². The Morgan fingerprint density at radius 3 is 2.79 bits per heavy atom. The number of aryl methyl sites for hydroxylation is 1. The summed E-state index contributed by atoms with van der Waals surface area (Å²) >= 11 is 1.95. The maximum absolute atomic E-state index is 9.22. The van der Waals surface area contributed by atoms with Gasteiger partial charge in [-0.1, -0.05) is 36.8 Å². The topological polar surface area (TPSA) is 35.8 Å². The zero-order valence-electron chi connectivity index (χ0n) is 12.2. The minimum atomic E-state index is -0.329. The molecule has 0 aliphatic rings. The van der Waals surface area contributed by atoms with E-state index in [0.29, 0.717) is 0 Å². The van der Waals surface area contributed by atoms with Gasteiger partial charge in [-0.3, -0.25) is 0 Å². The molecule has 1 rings (SSSR count). The molecule has 19 heavy (non-hydrogen) atoms. The van der Waals surface area contributed by atoms with Crippen LogP contribution in [0.5, 0.6) is 0 Å². The monoisotopic (exact) mass is 276 g/mol. The van der Waals surface area contributed by atoms with Crippen molar-refractivity contribution in [2.45, 2.75) is 44.4 Å². The molecule has 0 aromatic heterocycles. The molecule has 2 nitrogen and oxygen atoms in total. The molecular weight excluding hydrogens is 252 g/mol.